The lowest BCUT2D eigenvalue weighted by Crippen LogP contribution is -2.31. The number of fused-ring (bicyclic) bond motifs is 9. The fraction of sp³-hybridized carbons (Fsp3) is 0.310. The highest BCUT2D eigenvalue weighted by Crippen LogP contribution is 2.58. The zero-order chi connectivity index (χ0) is 77.9. The minimum Gasteiger partial charge on any atom is -0.440 e. The highest BCUT2D eigenvalue weighted by atomic mass is 16.6. The lowest BCUT2D eigenvalue weighted by molar-refractivity contribution is 0.0246. The standard InChI is InChI=1S/C36H40N2O2.C34H36N2O2.C30H28N2O2/c1-5-7-15-23-37-25(3)33(28-18-10-13-21-31(28)37)36(30-20-12-9-17-27(30)35(39)40-36)34-26(4)38(24-16-8-6-2)32-22-14-11-19-29(32)34;1-5-7-21-35-23(3)31(26-16-10-13-19-29(26)35)34(28-18-12-9-15-25(28)33(37)38-34)32-24(4)36(22-8-6-2)30-20-14-11-17-27(30)32;1-5-31-19(3)27(22-14-8-11-17-25(22)31)30(24-16-10-7-13-21(24)29(33)34-30)28-20(4)32(6-2)26-18-12-9-15-23(26)28/h9-14,17-22H,5-8,15-16,23-24H2,1-4H3;9-20H,5-8,21-22H2,1-4H3;7-18H,5-6H2,1-4H3. The first-order valence-corrected chi connectivity index (χ1v) is 41.1. The molecule has 0 bridgehead atoms. The van der Waals surface area contributed by atoms with Gasteiger partial charge in [0.2, 0.25) is 0 Å². The van der Waals surface area contributed by atoms with Crippen LogP contribution >= 0.6 is 0 Å². The Balaban J connectivity index is 0.000000127. The molecule has 0 spiro atoms. The lowest BCUT2D eigenvalue weighted by Gasteiger charge is -2.31. The van der Waals surface area contributed by atoms with Gasteiger partial charge in [-0.2, -0.15) is 0 Å². The summed E-state index contributed by atoms with van der Waals surface area (Å²) in [6.45, 7) is 31.9. The monoisotopic (exact) mass is 1480 g/mol. The predicted octanol–water partition coefficient (Wildman–Crippen LogP) is 24.0. The third-order valence-electron chi connectivity index (χ3n) is 24.9. The molecule has 570 valence electrons. The molecule has 18 rings (SSSR count). The summed E-state index contributed by atoms with van der Waals surface area (Å²) in [7, 11) is 0. The van der Waals surface area contributed by atoms with E-state index >= 15 is 0 Å². The summed E-state index contributed by atoms with van der Waals surface area (Å²) in [6.07, 6.45) is 11.4. The van der Waals surface area contributed by atoms with E-state index in [2.05, 4.69) is 274 Å². The summed E-state index contributed by atoms with van der Waals surface area (Å²) in [4.78, 5) is 40.8. The molecule has 0 amide bonds. The Bertz CT molecular complexity index is 5880. The van der Waals surface area contributed by atoms with Crippen molar-refractivity contribution in [3.8, 4) is 0 Å². The van der Waals surface area contributed by atoms with Gasteiger partial charge in [-0.1, -0.05) is 230 Å². The first-order chi connectivity index (χ1) is 54.6. The van der Waals surface area contributed by atoms with E-state index < -0.39 is 16.8 Å². The Morgan fingerprint density at radius 3 is 0.670 bits per heavy atom. The summed E-state index contributed by atoms with van der Waals surface area (Å²) in [6, 6.07) is 75.3. The van der Waals surface area contributed by atoms with Crippen LogP contribution in [0.5, 0.6) is 0 Å². The molecule has 0 fully saturated rings. The molecule has 0 radical (unpaired) electrons. The maximum atomic E-state index is 13.7. The van der Waals surface area contributed by atoms with Gasteiger partial charge in [-0.05, 0) is 136 Å². The zero-order valence-corrected chi connectivity index (χ0v) is 67.2. The summed E-state index contributed by atoms with van der Waals surface area (Å²) < 4.78 is 34.6. The number of benzene rings is 9. The third kappa shape index (κ3) is 11.4. The number of aryl methyl sites for hydroxylation is 6. The Morgan fingerprint density at radius 2 is 0.438 bits per heavy atom. The van der Waals surface area contributed by atoms with Crippen LogP contribution in [0.2, 0.25) is 0 Å². The van der Waals surface area contributed by atoms with Crippen LogP contribution in [0.15, 0.2) is 218 Å². The summed E-state index contributed by atoms with van der Waals surface area (Å²) in [5.74, 6) is -0.772. The van der Waals surface area contributed by atoms with E-state index in [1.807, 2.05) is 54.6 Å². The van der Waals surface area contributed by atoms with Gasteiger partial charge < -0.3 is 41.6 Å². The number of hydrogen-bond acceptors (Lipinski definition) is 6. The first-order valence-electron chi connectivity index (χ1n) is 41.1. The Morgan fingerprint density at radius 1 is 0.241 bits per heavy atom. The van der Waals surface area contributed by atoms with Crippen LogP contribution in [0.1, 0.15) is 221 Å². The van der Waals surface area contributed by atoms with Gasteiger partial charge in [-0.25, -0.2) is 14.4 Å². The molecular weight excluding hydrogens is 1380 g/mol. The van der Waals surface area contributed by atoms with E-state index in [9.17, 15) is 14.4 Å². The number of unbranched alkanes of at least 4 members (excludes halogenated alkanes) is 6. The molecule has 0 N–H and O–H groups in total. The van der Waals surface area contributed by atoms with E-state index in [-0.39, 0.29) is 17.9 Å². The van der Waals surface area contributed by atoms with Crippen molar-refractivity contribution in [3.05, 3.63) is 319 Å². The molecule has 6 aromatic heterocycles. The maximum Gasteiger partial charge on any atom is 0.340 e. The SMILES string of the molecule is CCCCCn1c(C)c(C2(c3c(C)n(CCCCC)c4ccccc34)OC(=O)c3ccccc32)c2ccccc21.CCCCn1c(C)c(C2(c3c(C)n(CCCC)c4ccccc34)OC(=O)c3ccccc32)c2ccccc21.CCn1c(C)c(C2(c3c(C)n(CC)c4ccccc34)OC(=O)c3ccccc32)c2ccccc21. The molecule has 0 saturated carbocycles. The van der Waals surface area contributed by atoms with E-state index in [4.69, 9.17) is 14.2 Å². The number of ether oxygens (including phenoxy) is 3. The predicted molar refractivity (Wildman–Crippen MR) is 455 cm³/mol. The van der Waals surface area contributed by atoms with Crippen LogP contribution < -0.4 is 0 Å². The second-order valence-corrected chi connectivity index (χ2v) is 30.9. The van der Waals surface area contributed by atoms with Crippen LogP contribution in [0, 0.1) is 41.5 Å². The second kappa shape index (κ2) is 30.4. The van der Waals surface area contributed by atoms with E-state index in [1.54, 1.807) is 0 Å². The first kappa shape index (κ1) is 74.7. The van der Waals surface area contributed by atoms with Crippen LogP contribution in [-0.2, 0) is 70.3 Å². The van der Waals surface area contributed by atoms with Gasteiger partial charge in [0.1, 0.15) is 0 Å². The van der Waals surface area contributed by atoms with Crippen molar-refractivity contribution < 1.29 is 28.6 Å². The van der Waals surface area contributed by atoms with Crippen molar-refractivity contribution in [2.45, 2.75) is 203 Å². The van der Waals surface area contributed by atoms with Gasteiger partial charge >= 0.3 is 17.9 Å². The molecule has 0 unspecified atom stereocenters. The minimum absolute atomic E-state index is 0.250. The number of carbonyl (C=O) groups is 3. The summed E-state index contributed by atoms with van der Waals surface area (Å²) >= 11 is 0. The number of nitrogens with zero attached hydrogens (tertiary/aromatic N) is 6. The van der Waals surface area contributed by atoms with Crippen LogP contribution in [0.3, 0.4) is 0 Å². The van der Waals surface area contributed by atoms with Gasteiger partial charge in [0.05, 0.1) is 16.7 Å². The van der Waals surface area contributed by atoms with Crippen LogP contribution in [0.25, 0.3) is 65.4 Å². The maximum absolute atomic E-state index is 13.7. The average molecular weight is 1490 g/mol. The number of esters is 3. The largest absolute Gasteiger partial charge is 0.440 e. The van der Waals surface area contributed by atoms with Crippen LogP contribution in [0.4, 0.5) is 0 Å². The number of rotatable bonds is 22. The number of para-hydroxylation sites is 6. The van der Waals surface area contributed by atoms with Crippen molar-refractivity contribution in [2.75, 3.05) is 0 Å². The van der Waals surface area contributed by atoms with Gasteiger partial charge in [0.25, 0.3) is 0 Å². The molecule has 12 nitrogen and oxygen atoms in total. The van der Waals surface area contributed by atoms with Gasteiger partial charge in [0.15, 0.2) is 16.8 Å². The quantitative estimate of drug-likeness (QED) is 0.0380. The van der Waals surface area contributed by atoms with Crippen molar-refractivity contribution in [2.24, 2.45) is 0 Å². The molecule has 9 heterocycles. The average Bonchev–Trinajstić information content (AvgIpc) is 1.54. The fourth-order valence-corrected chi connectivity index (χ4v) is 20.0. The fourth-order valence-electron chi connectivity index (χ4n) is 20.0. The topological polar surface area (TPSA) is 108 Å². The third-order valence-corrected chi connectivity index (χ3v) is 24.9. The number of carbonyl (C=O) groups excluding carboxylic acids is 3. The summed E-state index contributed by atoms with van der Waals surface area (Å²) in [5, 5.41) is 6.86. The molecule has 9 aromatic carbocycles. The van der Waals surface area contributed by atoms with E-state index in [0.717, 1.165) is 194 Å². The van der Waals surface area contributed by atoms with E-state index in [0.29, 0.717) is 16.7 Å². The minimum atomic E-state index is -1.03. The Hall–Kier alpha value is -11.4. The molecule has 112 heavy (non-hydrogen) atoms. The van der Waals surface area contributed by atoms with Crippen molar-refractivity contribution in [3.63, 3.8) is 0 Å². The van der Waals surface area contributed by atoms with Gasteiger partial charge in [-0.15, -0.1) is 0 Å². The Labute approximate surface area is 658 Å². The van der Waals surface area contributed by atoms with Gasteiger partial charge in [0, 0.05) is 189 Å². The molecule has 3 aliphatic rings. The molecule has 0 saturated heterocycles. The molecule has 0 aliphatic carbocycles. The highest BCUT2D eigenvalue weighted by Gasteiger charge is 2.57. The molecular formula is C100H104N6O6. The van der Waals surface area contributed by atoms with E-state index in [1.165, 1.54) is 59.1 Å². The lowest BCUT2D eigenvalue weighted by atomic mass is 9.77. The normalized spacial score (nSPS) is 14.4. The second-order valence-electron chi connectivity index (χ2n) is 30.9. The molecule has 12 heteroatoms. The number of cyclic esters (lactones) is 3. The van der Waals surface area contributed by atoms with Gasteiger partial charge in [-0.3, -0.25) is 0 Å². The summed E-state index contributed by atoms with van der Waals surface area (Å²) in [5.41, 5.74) is 22.2. The number of hydrogen-bond donors (Lipinski definition) is 0. The molecule has 3 aliphatic heterocycles. The highest BCUT2D eigenvalue weighted by molar-refractivity contribution is 6.05. The van der Waals surface area contributed by atoms with Crippen molar-refractivity contribution >= 4 is 83.3 Å². The molecule has 15 aromatic rings. The Kier molecular flexibility index (Phi) is 20.3. The van der Waals surface area contributed by atoms with Crippen molar-refractivity contribution in [1.82, 2.24) is 27.4 Å². The molecule has 0 atom stereocenters. The smallest absolute Gasteiger partial charge is 0.340 e. The zero-order valence-electron chi connectivity index (χ0n) is 67.2. The van der Waals surface area contributed by atoms with Crippen molar-refractivity contribution in [1.29, 1.82) is 0 Å². The van der Waals surface area contributed by atoms with Crippen LogP contribution in [-0.4, -0.2) is 45.3 Å². The number of aromatic nitrogens is 6.